The second-order valence-corrected chi connectivity index (χ2v) is 4.67. The van der Waals surface area contributed by atoms with Crippen LogP contribution in [0.1, 0.15) is 29.4 Å². The Morgan fingerprint density at radius 2 is 2.26 bits per heavy atom. The summed E-state index contributed by atoms with van der Waals surface area (Å²) in [6.45, 7) is 6.40. The Balaban J connectivity index is 2.48. The van der Waals surface area contributed by atoms with Crippen molar-refractivity contribution in [3.63, 3.8) is 0 Å². The molecule has 0 bridgehead atoms. The van der Waals surface area contributed by atoms with Crippen LogP contribution in [-0.2, 0) is 17.7 Å². The summed E-state index contributed by atoms with van der Waals surface area (Å²) >= 11 is 0. The molecule has 19 heavy (non-hydrogen) atoms. The Hall–Kier alpha value is -2.04. The third kappa shape index (κ3) is 2.54. The first-order valence-electron chi connectivity index (χ1n) is 6.16. The lowest BCUT2D eigenvalue weighted by Gasteiger charge is -2.12. The van der Waals surface area contributed by atoms with Crippen LogP contribution in [0.3, 0.4) is 0 Å². The summed E-state index contributed by atoms with van der Waals surface area (Å²) < 4.78 is 11.8. The van der Waals surface area contributed by atoms with Crippen LogP contribution >= 0.6 is 0 Å². The van der Waals surface area contributed by atoms with E-state index in [1.54, 1.807) is 4.57 Å². The first kappa shape index (κ1) is 13.4. The maximum atomic E-state index is 12.2. The molecule has 0 amide bonds. The molecular formula is C14H17NO4. The summed E-state index contributed by atoms with van der Waals surface area (Å²) in [7, 11) is 1.33. The van der Waals surface area contributed by atoms with E-state index in [0.29, 0.717) is 18.5 Å². The molecule has 2 heterocycles. The number of fused-ring (bicyclic) bond motifs is 1. The molecule has 1 aliphatic rings. The third-order valence-corrected chi connectivity index (χ3v) is 3.04. The molecule has 1 aliphatic heterocycles. The van der Waals surface area contributed by atoms with E-state index in [-0.39, 0.29) is 17.9 Å². The van der Waals surface area contributed by atoms with E-state index in [0.717, 1.165) is 17.7 Å². The van der Waals surface area contributed by atoms with Crippen molar-refractivity contribution < 1.29 is 14.3 Å². The van der Waals surface area contributed by atoms with Gasteiger partial charge in [0.05, 0.1) is 12.7 Å². The minimum atomic E-state index is -0.439. The van der Waals surface area contributed by atoms with Crippen LogP contribution in [0.2, 0.25) is 0 Å². The lowest BCUT2D eigenvalue weighted by Crippen LogP contribution is -2.24. The number of carbonyl (C=O) groups excluding carboxylic acids is 1. The zero-order valence-electron chi connectivity index (χ0n) is 11.2. The second kappa shape index (κ2) is 5.30. The number of nitrogens with zero attached hydrogens (tertiary/aromatic N) is 1. The van der Waals surface area contributed by atoms with E-state index in [4.69, 9.17) is 9.47 Å². The number of pyridine rings is 1. The molecule has 0 spiro atoms. The maximum absolute atomic E-state index is 12.2. The maximum Gasteiger partial charge on any atom is 0.339 e. The number of ether oxygens (including phenoxy) is 2. The van der Waals surface area contributed by atoms with Crippen molar-refractivity contribution in [1.82, 2.24) is 4.57 Å². The highest BCUT2D eigenvalue weighted by atomic mass is 16.5. The molecule has 0 fully saturated rings. The van der Waals surface area contributed by atoms with Gasteiger partial charge in [0, 0.05) is 18.3 Å². The van der Waals surface area contributed by atoms with Crippen LogP contribution in [0.25, 0.3) is 0 Å². The summed E-state index contributed by atoms with van der Waals surface area (Å²) in [6.07, 6.45) is 1.56. The average Bonchev–Trinajstić information content (AvgIpc) is 2.86. The molecule has 0 unspecified atom stereocenters. The number of methoxy groups -OCH3 is 1. The standard InChI is InChI=1S/C14H17NO4/c1-9(2)8-19-12-7-10(14(17)18-3)11-5-4-6-15(11)13(12)16/h7H,1,4-6,8H2,2-3H3. The Morgan fingerprint density at radius 3 is 2.89 bits per heavy atom. The molecule has 2 rings (SSSR count). The van der Waals surface area contributed by atoms with E-state index < -0.39 is 5.97 Å². The van der Waals surface area contributed by atoms with E-state index in [2.05, 4.69) is 6.58 Å². The smallest absolute Gasteiger partial charge is 0.339 e. The highest BCUT2D eigenvalue weighted by Gasteiger charge is 2.23. The van der Waals surface area contributed by atoms with Gasteiger partial charge in [0.15, 0.2) is 5.75 Å². The van der Waals surface area contributed by atoms with Gasteiger partial charge >= 0.3 is 5.97 Å². The largest absolute Gasteiger partial charge is 0.483 e. The number of hydrogen-bond acceptors (Lipinski definition) is 4. The van der Waals surface area contributed by atoms with Gasteiger partial charge < -0.3 is 14.0 Å². The van der Waals surface area contributed by atoms with E-state index in [1.807, 2.05) is 6.92 Å². The molecular weight excluding hydrogens is 246 g/mol. The van der Waals surface area contributed by atoms with Crippen molar-refractivity contribution in [2.45, 2.75) is 26.3 Å². The van der Waals surface area contributed by atoms with Crippen LogP contribution in [-0.4, -0.2) is 24.3 Å². The molecule has 0 radical (unpaired) electrons. The molecule has 0 aliphatic carbocycles. The zero-order chi connectivity index (χ0) is 14.0. The second-order valence-electron chi connectivity index (χ2n) is 4.67. The lowest BCUT2D eigenvalue weighted by molar-refractivity contribution is 0.0598. The highest BCUT2D eigenvalue weighted by molar-refractivity contribution is 5.91. The summed E-state index contributed by atoms with van der Waals surface area (Å²) in [5.74, 6) is -0.264. The number of carbonyl (C=O) groups is 1. The minimum Gasteiger partial charge on any atom is -0.483 e. The van der Waals surface area contributed by atoms with Crippen LogP contribution in [0.5, 0.6) is 5.75 Å². The van der Waals surface area contributed by atoms with Crippen molar-refractivity contribution in [1.29, 1.82) is 0 Å². The molecule has 102 valence electrons. The van der Waals surface area contributed by atoms with Crippen molar-refractivity contribution in [2.24, 2.45) is 0 Å². The molecule has 5 heteroatoms. The van der Waals surface area contributed by atoms with Gasteiger partial charge in [-0.05, 0) is 25.3 Å². The Bertz CT molecular complexity index is 586. The van der Waals surface area contributed by atoms with Crippen molar-refractivity contribution >= 4 is 5.97 Å². The number of esters is 1. The van der Waals surface area contributed by atoms with Crippen LogP contribution in [0, 0.1) is 0 Å². The van der Waals surface area contributed by atoms with Gasteiger partial charge in [0.1, 0.15) is 6.61 Å². The molecule has 0 saturated carbocycles. The average molecular weight is 263 g/mol. The minimum absolute atomic E-state index is 0.175. The van der Waals surface area contributed by atoms with Gasteiger partial charge in [-0.2, -0.15) is 0 Å². The normalized spacial score (nSPS) is 12.9. The Morgan fingerprint density at radius 1 is 1.53 bits per heavy atom. The predicted molar refractivity (Wildman–Crippen MR) is 70.7 cm³/mol. The summed E-state index contributed by atoms with van der Waals surface area (Å²) in [6, 6.07) is 1.48. The van der Waals surface area contributed by atoms with E-state index >= 15 is 0 Å². The summed E-state index contributed by atoms with van der Waals surface area (Å²) in [5, 5.41) is 0. The first-order valence-corrected chi connectivity index (χ1v) is 6.16. The van der Waals surface area contributed by atoms with Crippen molar-refractivity contribution in [3.8, 4) is 5.75 Å². The van der Waals surface area contributed by atoms with Gasteiger partial charge in [-0.25, -0.2) is 4.79 Å². The topological polar surface area (TPSA) is 57.5 Å². The number of hydrogen-bond donors (Lipinski definition) is 0. The fraction of sp³-hybridized carbons (Fsp3) is 0.429. The Kier molecular flexibility index (Phi) is 3.74. The van der Waals surface area contributed by atoms with E-state index in [1.165, 1.54) is 13.2 Å². The van der Waals surface area contributed by atoms with Gasteiger partial charge in [0.25, 0.3) is 5.56 Å². The molecule has 1 aromatic heterocycles. The van der Waals surface area contributed by atoms with Crippen LogP contribution < -0.4 is 10.3 Å². The van der Waals surface area contributed by atoms with Gasteiger partial charge in [-0.15, -0.1) is 0 Å². The monoisotopic (exact) mass is 263 g/mol. The zero-order valence-corrected chi connectivity index (χ0v) is 11.2. The van der Waals surface area contributed by atoms with Gasteiger partial charge in [-0.1, -0.05) is 6.58 Å². The molecule has 0 aromatic carbocycles. The summed E-state index contributed by atoms with van der Waals surface area (Å²) in [4.78, 5) is 24.0. The predicted octanol–water partition coefficient (Wildman–Crippen LogP) is 1.54. The molecule has 1 aromatic rings. The molecule has 0 N–H and O–H groups in total. The summed E-state index contributed by atoms with van der Waals surface area (Å²) in [5.41, 5.74) is 1.77. The quantitative estimate of drug-likeness (QED) is 0.610. The fourth-order valence-corrected chi connectivity index (χ4v) is 2.18. The lowest BCUT2D eigenvalue weighted by atomic mass is 10.1. The van der Waals surface area contributed by atoms with Gasteiger partial charge in [0.2, 0.25) is 0 Å². The number of rotatable bonds is 4. The Labute approximate surface area is 111 Å². The fourth-order valence-electron chi connectivity index (χ4n) is 2.18. The van der Waals surface area contributed by atoms with Gasteiger partial charge in [-0.3, -0.25) is 4.79 Å². The molecule has 0 atom stereocenters. The van der Waals surface area contributed by atoms with Crippen molar-refractivity contribution in [2.75, 3.05) is 13.7 Å². The number of aromatic nitrogens is 1. The van der Waals surface area contributed by atoms with Crippen LogP contribution in [0.15, 0.2) is 23.0 Å². The van der Waals surface area contributed by atoms with Crippen molar-refractivity contribution in [3.05, 3.63) is 39.8 Å². The van der Waals surface area contributed by atoms with Crippen LogP contribution in [0.4, 0.5) is 0 Å². The first-order chi connectivity index (χ1) is 9.04. The van der Waals surface area contributed by atoms with E-state index in [9.17, 15) is 9.59 Å². The third-order valence-electron chi connectivity index (χ3n) is 3.04. The highest BCUT2D eigenvalue weighted by Crippen LogP contribution is 2.21. The SMILES string of the molecule is C=C(C)COc1cc(C(=O)OC)c2n(c1=O)CCC2. The molecule has 5 nitrogen and oxygen atoms in total. The molecule has 0 saturated heterocycles.